The van der Waals surface area contributed by atoms with Crippen LogP contribution in [-0.2, 0) is 0 Å². The Morgan fingerprint density at radius 3 is 1.48 bits per heavy atom. The molecule has 4 aromatic rings. The van der Waals surface area contributed by atoms with E-state index in [4.69, 9.17) is 9.47 Å². The predicted molar refractivity (Wildman–Crippen MR) is 127 cm³/mol. The minimum Gasteiger partial charge on any atom is -0.457 e. The van der Waals surface area contributed by atoms with Crippen LogP contribution in [0.1, 0.15) is 25.0 Å². The van der Waals surface area contributed by atoms with Crippen LogP contribution in [0.2, 0.25) is 0 Å². The van der Waals surface area contributed by atoms with Crippen molar-refractivity contribution in [2.24, 2.45) is 0 Å². The number of hydrogen-bond acceptors (Lipinski definition) is 2. The molecule has 0 aliphatic heterocycles. The van der Waals surface area contributed by atoms with E-state index in [9.17, 15) is 4.39 Å². The largest absolute Gasteiger partial charge is 0.457 e. The molecule has 31 heavy (non-hydrogen) atoms. The van der Waals surface area contributed by atoms with Crippen LogP contribution in [0.5, 0.6) is 23.0 Å². The van der Waals surface area contributed by atoms with Crippen molar-refractivity contribution in [3.8, 4) is 23.0 Å². The lowest BCUT2D eigenvalue weighted by Gasteiger charge is -2.06. The smallest absolute Gasteiger partial charge is 0.165 e. The Hall–Kier alpha value is -3.59. The van der Waals surface area contributed by atoms with Crippen molar-refractivity contribution >= 4 is 0 Å². The van der Waals surface area contributed by atoms with E-state index in [0.29, 0.717) is 5.75 Å². The highest BCUT2D eigenvalue weighted by Gasteiger charge is 2.03. The Kier molecular flexibility index (Phi) is 9.83. The van der Waals surface area contributed by atoms with E-state index in [-0.39, 0.29) is 11.6 Å². The maximum Gasteiger partial charge on any atom is 0.165 e. The normalized spacial score (nSPS) is 9.45. The van der Waals surface area contributed by atoms with Gasteiger partial charge in [0.25, 0.3) is 0 Å². The highest BCUT2D eigenvalue weighted by atomic mass is 19.1. The summed E-state index contributed by atoms with van der Waals surface area (Å²) in [6.07, 6.45) is 0. The van der Waals surface area contributed by atoms with Crippen LogP contribution in [0.3, 0.4) is 0 Å². The van der Waals surface area contributed by atoms with E-state index in [1.807, 2.05) is 99.6 Å². The van der Waals surface area contributed by atoms with Crippen LogP contribution in [0.25, 0.3) is 0 Å². The SMILES string of the molecule is CC.Cc1ccc(Oc2ccccc2)c(F)c1.Cc1ccc(Oc2ccccc2)cc1. The Labute approximate surface area is 184 Å². The first kappa shape index (κ1) is 23.7. The van der Waals surface area contributed by atoms with Crippen LogP contribution in [0, 0.1) is 19.7 Å². The van der Waals surface area contributed by atoms with Gasteiger partial charge in [-0.1, -0.05) is 74.0 Å². The molecule has 0 atom stereocenters. The van der Waals surface area contributed by atoms with Crippen LogP contribution < -0.4 is 9.47 Å². The molecule has 0 saturated heterocycles. The van der Waals surface area contributed by atoms with Crippen molar-refractivity contribution in [2.75, 3.05) is 0 Å². The average molecular weight is 417 g/mol. The highest BCUT2D eigenvalue weighted by Crippen LogP contribution is 2.24. The molecule has 0 aromatic heterocycles. The molecule has 4 rings (SSSR count). The molecule has 0 spiro atoms. The van der Waals surface area contributed by atoms with Crippen LogP contribution in [0.15, 0.2) is 103 Å². The van der Waals surface area contributed by atoms with Gasteiger partial charge in [0.05, 0.1) is 0 Å². The summed E-state index contributed by atoms with van der Waals surface area (Å²) in [5.41, 5.74) is 2.12. The fraction of sp³-hybridized carbons (Fsp3) is 0.143. The zero-order valence-electron chi connectivity index (χ0n) is 18.5. The Bertz CT molecular complexity index is 1010. The van der Waals surface area contributed by atoms with Gasteiger partial charge in [-0.05, 0) is 67.9 Å². The topological polar surface area (TPSA) is 18.5 Å². The van der Waals surface area contributed by atoms with Crippen molar-refractivity contribution in [3.05, 3.63) is 120 Å². The fourth-order valence-corrected chi connectivity index (χ4v) is 2.54. The number of rotatable bonds is 4. The second-order valence-electron chi connectivity index (χ2n) is 6.58. The number of benzene rings is 4. The quantitative estimate of drug-likeness (QED) is 0.331. The Morgan fingerprint density at radius 2 is 0.968 bits per heavy atom. The number of ether oxygens (including phenoxy) is 2. The predicted octanol–water partition coefficient (Wildman–Crippen LogP) is 8.74. The van der Waals surface area contributed by atoms with E-state index < -0.39 is 0 Å². The van der Waals surface area contributed by atoms with Gasteiger partial charge in [-0.25, -0.2) is 4.39 Å². The van der Waals surface area contributed by atoms with Crippen molar-refractivity contribution in [1.29, 1.82) is 0 Å². The number of aryl methyl sites for hydroxylation is 2. The lowest BCUT2D eigenvalue weighted by Crippen LogP contribution is -1.88. The fourth-order valence-electron chi connectivity index (χ4n) is 2.54. The first-order valence-electron chi connectivity index (χ1n) is 10.4. The van der Waals surface area contributed by atoms with Crippen LogP contribution in [-0.4, -0.2) is 0 Å². The first-order valence-corrected chi connectivity index (χ1v) is 10.4. The molecule has 160 valence electrons. The molecule has 0 N–H and O–H groups in total. The zero-order valence-corrected chi connectivity index (χ0v) is 18.5. The third-order valence-corrected chi connectivity index (χ3v) is 4.06. The van der Waals surface area contributed by atoms with Gasteiger partial charge in [-0.15, -0.1) is 0 Å². The molecule has 4 aromatic carbocycles. The summed E-state index contributed by atoms with van der Waals surface area (Å²) in [6, 6.07) is 31.9. The minimum atomic E-state index is -0.334. The van der Waals surface area contributed by atoms with Gasteiger partial charge in [0, 0.05) is 0 Å². The second-order valence-corrected chi connectivity index (χ2v) is 6.58. The summed E-state index contributed by atoms with van der Waals surface area (Å²) >= 11 is 0. The monoisotopic (exact) mass is 416 g/mol. The van der Waals surface area contributed by atoms with Gasteiger partial charge in [0.15, 0.2) is 11.6 Å². The summed E-state index contributed by atoms with van der Waals surface area (Å²) in [4.78, 5) is 0. The number of hydrogen-bond donors (Lipinski definition) is 0. The summed E-state index contributed by atoms with van der Waals surface area (Å²) in [5, 5.41) is 0. The highest BCUT2D eigenvalue weighted by molar-refractivity contribution is 5.34. The molecule has 2 nitrogen and oxygen atoms in total. The lowest BCUT2D eigenvalue weighted by molar-refractivity contribution is 0.442. The molecule has 0 saturated carbocycles. The molecule has 0 amide bonds. The molecule has 0 aliphatic rings. The molecular weight excluding hydrogens is 387 g/mol. The van der Waals surface area contributed by atoms with Crippen molar-refractivity contribution in [3.63, 3.8) is 0 Å². The maximum atomic E-state index is 13.4. The minimum absolute atomic E-state index is 0.256. The molecule has 0 heterocycles. The first-order chi connectivity index (χ1) is 15.1. The third kappa shape index (κ3) is 8.35. The molecule has 0 bridgehead atoms. The van der Waals surface area contributed by atoms with E-state index in [0.717, 1.165) is 17.1 Å². The van der Waals surface area contributed by atoms with E-state index in [1.54, 1.807) is 18.2 Å². The van der Waals surface area contributed by atoms with Crippen molar-refractivity contribution < 1.29 is 13.9 Å². The maximum absolute atomic E-state index is 13.4. The molecule has 0 aliphatic carbocycles. The van der Waals surface area contributed by atoms with Crippen LogP contribution in [0.4, 0.5) is 4.39 Å². The zero-order chi connectivity index (χ0) is 22.5. The number of halogens is 1. The van der Waals surface area contributed by atoms with Gasteiger partial charge in [0.1, 0.15) is 17.2 Å². The standard InChI is InChI=1S/C13H11FO.C13H12O.C2H6/c1-10-7-8-13(12(14)9-10)15-11-5-3-2-4-6-11;1-11-7-9-13(10-8-11)14-12-5-3-2-4-6-12;1-2/h2-9H,1H3;2-10H,1H3;1-2H3. The number of para-hydroxylation sites is 2. The van der Waals surface area contributed by atoms with Gasteiger partial charge >= 0.3 is 0 Å². The Morgan fingerprint density at radius 1 is 0.516 bits per heavy atom. The Balaban J connectivity index is 0.000000204. The van der Waals surface area contributed by atoms with Crippen LogP contribution >= 0.6 is 0 Å². The summed E-state index contributed by atoms with van der Waals surface area (Å²) < 4.78 is 24.4. The average Bonchev–Trinajstić information content (AvgIpc) is 2.81. The van der Waals surface area contributed by atoms with Gasteiger partial charge in [0.2, 0.25) is 0 Å². The molecule has 0 radical (unpaired) electrons. The van der Waals surface area contributed by atoms with Gasteiger partial charge in [-0.3, -0.25) is 0 Å². The summed E-state index contributed by atoms with van der Waals surface area (Å²) in [5.74, 6) is 2.31. The molecular formula is C28H29FO2. The van der Waals surface area contributed by atoms with Crippen molar-refractivity contribution in [1.82, 2.24) is 0 Å². The molecule has 0 fully saturated rings. The third-order valence-electron chi connectivity index (χ3n) is 4.06. The van der Waals surface area contributed by atoms with Gasteiger partial charge in [-0.2, -0.15) is 0 Å². The van der Waals surface area contributed by atoms with E-state index >= 15 is 0 Å². The summed E-state index contributed by atoms with van der Waals surface area (Å²) in [6.45, 7) is 7.90. The summed E-state index contributed by atoms with van der Waals surface area (Å²) in [7, 11) is 0. The lowest BCUT2D eigenvalue weighted by atomic mass is 10.2. The molecule has 0 unspecified atom stereocenters. The van der Waals surface area contributed by atoms with E-state index in [1.165, 1.54) is 11.6 Å². The second kappa shape index (κ2) is 12.9. The van der Waals surface area contributed by atoms with Crippen molar-refractivity contribution in [2.45, 2.75) is 27.7 Å². The van der Waals surface area contributed by atoms with Gasteiger partial charge < -0.3 is 9.47 Å². The van der Waals surface area contributed by atoms with E-state index in [2.05, 4.69) is 6.92 Å². The molecule has 3 heteroatoms.